The summed E-state index contributed by atoms with van der Waals surface area (Å²) in [6.45, 7) is 0. The van der Waals surface area contributed by atoms with E-state index < -0.39 is 10.0 Å². The molecule has 0 saturated carbocycles. The lowest BCUT2D eigenvalue weighted by molar-refractivity contribution is 0.0644. The van der Waals surface area contributed by atoms with Crippen molar-refractivity contribution in [2.75, 3.05) is 21.1 Å². The fourth-order valence-electron chi connectivity index (χ4n) is 3.44. The van der Waals surface area contributed by atoms with Gasteiger partial charge in [0.15, 0.2) is 5.76 Å². The van der Waals surface area contributed by atoms with Gasteiger partial charge in [-0.15, -0.1) is 0 Å². The Bertz CT molecular complexity index is 685. The van der Waals surface area contributed by atoms with Gasteiger partial charge in [0.25, 0.3) is 15.9 Å². The second-order valence-corrected chi connectivity index (χ2v) is 8.67. The summed E-state index contributed by atoms with van der Waals surface area (Å²) in [6, 6.07) is 3.90. The number of fused-ring (bicyclic) bond motifs is 2. The molecule has 3 heterocycles. The minimum atomic E-state index is -3.66. The minimum Gasteiger partial charge on any atom is -0.438 e. The third-order valence-corrected chi connectivity index (χ3v) is 6.53. The van der Waals surface area contributed by atoms with Crippen molar-refractivity contribution in [1.29, 1.82) is 0 Å². The van der Waals surface area contributed by atoms with E-state index in [1.165, 1.54) is 26.2 Å². The van der Waals surface area contributed by atoms with Crippen LogP contribution in [0.4, 0.5) is 0 Å². The number of furan rings is 1. The highest BCUT2D eigenvalue weighted by Gasteiger charge is 2.37. The predicted molar refractivity (Wildman–Crippen MR) is 84.6 cm³/mol. The van der Waals surface area contributed by atoms with Crippen molar-refractivity contribution in [3.63, 3.8) is 0 Å². The number of amides is 1. The molecule has 0 radical (unpaired) electrons. The molecule has 2 saturated heterocycles. The second kappa shape index (κ2) is 5.92. The first-order valence-electron chi connectivity index (χ1n) is 7.84. The Kier molecular flexibility index (Phi) is 4.24. The van der Waals surface area contributed by atoms with Crippen LogP contribution >= 0.6 is 0 Å². The fourth-order valence-corrected chi connectivity index (χ4v) is 4.23. The van der Waals surface area contributed by atoms with Crippen LogP contribution in [-0.2, 0) is 10.0 Å². The van der Waals surface area contributed by atoms with Gasteiger partial charge in [0.1, 0.15) is 0 Å². The van der Waals surface area contributed by atoms with Gasteiger partial charge in [-0.25, -0.2) is 12.7 Å². The molecule has 1 aromatic rings. The van der Waals surface area contributed by atoms with E-state index in [1.54, 1.807) is 11.9 Å². The summed E-state index contributed by atoms with van der Waals surface area (Å²) in [5.41, 5.74) is 0. The Balaban J connectivity index is 1.74. The summed E-state index contributed by atoms with van der Waals surface area (Å²) in [4.78, 5) is 14.3. The van der Waals surface area contributed by atoms with E-state index in [4.69, 9.17) is 4.42 Å². The molecule has 0 aromatic carbocycles. The molecule has 8 heteroatoms. The Morgan fingerprint density at radius 3 is 2.35 bits per heavy atom. The summed E-state index contributed by atoms with van der Waals surface area (Å²) in [5.74, 6) is -0.199. The molecular formula is C15H23N3O4S. The van der Waals surface area contributed by atoms with Crippen LogP contribution in [0.3, 0.4) is 0 Å². The first-order valence-corrected chi connectivity index (χ1v) is 9.28. The molecule has 2 aliphatic rings. The van der Waals surface area contributed by atoms with Crippen LogP contribution in [0.1, 0.15) is 36.2 Å². The molecule has 128 valence electrons. The Morgan fingerprint density at radius 1 is 1.17 bits per heavy atom. The number of nitrogens with zero attached hydrogens (tertiary/aromatic N) is 2. The van der Waals surface area contributed by atoms with Crippen LogP contribution in [0.2, 0.25) is 0 Å². The van der Waals surface area contributed by atoms with E-state index in [-0.39, 0.29) is 22.8 Å². The number of rotatable bonds is 4. The van der Waals surface area contributed by atoms with Crippen LogP contribution in [0.25, 0.3) is 0 Å². The summed E-state index contributed by atoms with van der Waals surface area (Å²) < 4.78 is 30.4. The van der Waals surface area contributed by atoms with Crippen molar-refractivity contribution in [3.05, 3.63) is 17.9 Å². The van der Waals surface area contributed by atoms with Crippen molar-refractivity contribution >= 4 is 15.9 Å². The van der Waals surface area contributed by atoms with Gasteiger partial charge in [-0.3, -0.25) is 4.79 Å². The Morgan fingerprint density at radius 2 is 1.78 bits per heavy atom. The molecule has 3 rings (SSSR count). The molecule has 2 fully saturated rings. The third-order valence-electron chi connectivity index (χ3n) is 4.84. The van der Waals surface area contributed by atoms with Gasteiger partial charge >= 0.3 is 0 Å². The normalized spacial score (nSPS) is 27.4. The molecule has 0 spiro atoms. The summed E-state index contributed by atoms with van der Waals surface area (Å²) in [6.07, 6.45) is 4.19. The van der Waals surface area contributed by atoms with Crippen LogP contribution < -0.4 is 5.32 Å². The van der Waals surface area contributed by atoms with Gasteiger partial charge in [-0.1, -0.05) is 0 Å². The zero-order valence-electron chi connectivity index (χ0n) is 13.7. The number of hydrogen-bond donors (Lipinski definition) is 1. The van der Waals surface area contributed by atoms with Crippen LogP contribution in [-0.4, -0.2) is 62.8 Å². The zero-order valence-corrected chi connectivity index (χ0v) is 14.5. The molecule has 2 aliphatic heterocycles. The quantitative estimate of drug-likeness (QED) is 0.879. The first-order chi connectivity index (χ1) is 10.8. The lowest BCUT2D eigenvalue weighted by Crippen LogP contribution is -2.48. The maximum atomic E-state index is 12.6. The maximum Gasteiger partial charge on any atom is 0.289 e. The van der Waals surface area contributed by atoms with Gasteiger partial charge < -0.3 is 14.6 Å². The number of sulfonamides is 1. The molecule has 1 amide bonds. The van der Waals surface area contributed by atoms with Crippen molar-refractivity contribution < 1.29 is 17.6 Å². The molecule has 23 heavy (non-hydrogen) atoms. The summed E-state index contributed by atoms with van der Waals surface area (Å²) >= 11 is 0. The highest BCUT2D eigenvalue weighted by molar-refractivity contribution is 7.88. The zero-order chi connectivity index (χ0) is 16.8. The van der Waals surface area contributed by atoms with Crippen LogP contribution in [0.5, 0.6) is 0 Å². The van der Waals surface area contributed by atoms with Gasteiger partial charge in [0.05, 0.1) is 0 Å². The van der Waals surface area contributed by atoms with Crippen molar-refractivity contribution in [2.45, 2.75) is 48.9 Å². The lowest BCUT2D eigenvalue weighted by Gasteiger charge is -2.35. The number of carbonyl (C=O) groups excluding carboxylic acids is 1. The second-order valence-electron chi connectivity index (χ2n) is 6.59. The minimum absolute atomic E-state index is 0.0683. The average Bonchev–Trinajstić information content (AvgIpc) is 3.12. The molecule has 1 N–H and O–H groups in total. The molecule has 7 nitrogen and oxygen atoms in total. The highest BCUT2D eigenvalue weighted by atomic mass is 32.2. The fraction of sp³-hybridized carbons (Fsp3) is 0.667. The van der Waals surface area contributed by atoms with Gasteiger partial charge in [-0.05, 0) is 37.8 Å². The SMILES string of the molecule is CN(C(=O)c1ccc(S(=O)(=O)N(C)C)o1)C1CC2CCC(C1)N2. The third kappa shape index (κ3) is 3.02. The van der Waals surface area contributed by atoms with Crippen LogP contribution in [0, 0.1) is 0 Å². The molecule has 2 atom stereocenters. The molecule has 2 bridgehead atoms. The van der Waals surface area contributed by atoms with Gasteiger partial charge in [0.2, 0.25) is 5.09 Å². The lowest BCUT2D eigenvalue weighted by atomic mass is 9.98. The monoisotopic (exact) mass is 341 g/mol. The van der Waals surface area contributed by atoms with Crippen molar-refractivity contribution in [2.24, 2.45) is 0 Å². The Labute approximate surface area is 136 Å². The van der Waals surface area contributed by atoms with E-state index in [2.05, 4.69) is 5.32 Å². The smallest absolute Gasteiger partial charge is 0.289 e. The standard InChI is InChI=1S/C15H23N3O4S/c1-17(2)23(20,21)14-7-6-13(22-14)15(19)18(3)12-8-10-4-5-11(9-12)16-10/h6-7,10-12,16H,4-5,8-9H2,1-3H3. The van der Waals surface area contributed by atoms with Gasteiger partial charge in [-0.2, -0.15) is 0 Å². The average molecular weight is 341 g/mol. The van der Waals surface area contributed by atoms with E-state index in [0.29, 0.717) is 12.1 Å². The molecule has 1 aromatic heterocycles. The van der Waals surface area contributed by atoms with E-state index >= 15 is 0 Å². The highest BCUT2D eigenvalue weighted by Crippen LogP contribution is 2.30. The number of carbonyl (C=O) groups is 1. The largest absolute Gasteiger partial charge is 0.438 e. The predicted octanol–water partition coefficient (Wildman–Crippen LogP) is 0.885. The van der Waals surface area contributed by atoms with Crippen LogP contribution in [0.15, 0.2) is 21.6 Å². The molecule has 0 aliphatic carbocycles. The maximum absolute atomic E-state index is 12.6. The van der Waals surface area contributed by atoms with Gasteiger partial charge in [0, 0.05) is 39.3 Å². The first kappa shape index (κ1) is 16.5. The van der Waals surface area contributed by atoms with E-state index in [9.17, 15) is 13.2 Å². The van der Waals surface area contributed by atoms with Crippen molar-refractivity contribution in [1.82, 2.24) is 14.5 Å². The van der Waals surface area contributed by atoms with Crippen molar-refractivity contribution in [3.8, 4) is 0 Å². The number of piperidine rings is 1. The number of hydrogen-bond acceptors (Lipinski definition) is 5. The van der Waals surface area contributed by atoms with E-state index in [1.807, 2.05) is 0 Å². The topological polar surface area (TPSA) is 82.9 Å². The summed E-state index contributed by atoms with van der Waals surface area (Å²) in [7, 11) is 0.956. The molecular weight excluding hydrogens is 318 g/mol. The van der Waals surface area contributed by atoms with E-state index in [0.717, 1.165) is 30.0 Å². The summed E-state index contributed by atoms with van der Waals surface area (Å²) in [5, 5.41) is 3.34. The Hall–Kier alpha value is -1.38. The number of nitrogens with one attached hydrogen (secondary N) is 1. The molecule has 2 unspecified atom stereocenters.